The maximum atomic E-state index is 11.6. The Balaban J connectivity index is 1.96. The number of rotatable bonds is 6. The van der Waals surface area contributed by atoms with E-state index in [9.17, 15) is 8.42 Å². The van der Waals surface area contributed by atoms with Crippen molar-refractivity contribution in [3.63, 3.8) is 0 Å². The van der Waals surface area contributed by atoms with Crippen molar-refractivity contribution in [2.45, 2.75) is 6.92 Å². The highest BCUT2D eigenvalue weighted by Gasteiger charge is 2.16. The summed E-state index contributed by atoms with van der Waals surface area (Å²) >= 11 is 0. The topological polar surface area (TPSA) is 99.2 Å². The average molecular weight is 348 g/mol. The Bertz CT molecular complexity index is 915. The van der Waals surface area contributed by atoms with Gasteiger partial charge in [-0.15, -0.1) is 5.10 Å². The van der Waals surface area contributed by atoms with Gasteiger partial charge in [0, 0.05) is 5.69 Å². The smallest absolute Gasteiger partial charge is 0.336 e. The molecule has 0 saturated heterocycles. The van der Waals surface area contributed by atoms with Crippen LogP contribution in [0.5, 0.6) is 6.01 Å². The normalized spacial score (nSPS) is 11.4. The van der Waals surface area contributed by atoms with Crippen LogP contribution in [0.4, 0.5) is 5.69 Å². The molecule has 0 unspecified atom stereocenters. The van der Waals surface area contributed by atoms with E-state index in [1.54, 1.807) is 54.3 Å². The van der Waals surface area contributed by atoms with Gasteiger partial charge in [0.2, 0.25) is 15.8 Å². The summed E-state index contributed by atoms with van der Waals surface area (Å²) in [6, 6.07) is 10.5. The predicted octanol–water partition coefficient (Wildman–Crippen LogP) is 2.30. The Morgan fingerprint density at radius 3 is 2.58 bits per heavy atom. The van der Waals surface area contributed by atoms with Crippen LogP contribution in [-0.4, -0.2) is 36.0 Å². The van der Waals surface area contributed by atoms with Gasteiger partial charge in [0.1, 0.15) is 0 Å². The second kappa shape index (κ2) is 6.36. The predicted molar refractivity (Wildman–Crippen MR) is 88.7 cm³/mol. The van der Waals surface area contributed by atoms with Crippen molar-refractivity contribution in [3.8, 4) is 23.3 Å². The highest BCUT2D eigenvalue weighted by Crippen LogP contribution is 2.24. The SMILES string of the molecule is CCS(=O)(=O)Nc1ccc(-n2nc(OC)nc2-c2ccco2)cc1. The summed E-state index contributed by atoms with van der Waals surface area (Å²) in [4.78, 5) is 4.27. The molecule has 2 heterocycles. The summed E-state index contributed by atoms with van der Waals surface area (Å²) in [5.74, 6) is 1.04. The lowest BCUT2D eigenvalue weighted by atomic mass is 10.3. The van der Waals surface area contributed by atoms with Crippen LogP contribution in [0.15, 0.2) is 47.1 Å². The summed E-state index contributed by atoms with van der Waals surface area (Å²) in [7, 11) is -1.83. The summed E-state index contributed by atoms with van der Waals surface area (Å²) in [6.45, 7) is 1.58. The summed E-state index contributed by atoms with van der Waals surface area (Å²) in [5.41, 5.74) is 1.17. The molecule has 3 rings (SSSR count). The summed E-state index contributed by atoms with van der Waals surface area (Å²) < 4.78 is 37.7. The van der Waals surface area contributed by atoms with E-state index in [0.29, 0.717) is 23.0 Å². The van der Waals surface area contributed by atoms with Crippen molar-refractivity contribution in [2.24, 2.45) is 0 Å². The van der Waals surface area contributed by atoms with Crippen LogP contribution >= 0.6 is 0 Å². The van der Waals surface area contributed by atoms with Crippen molar-refractivity contribution in [1.82, 2.24) is 14.8 Å². The van der Waals surface area contributed by atoms with E-state index in [2.05, 4.69) is 14.8 Å². The summed E-state index contributed by atoms with van der Waals surface area (Å²) in [5, 5.41) is 4.26. The molecule has 1 N–H and O–H groups in total. The standard InChI is InChI=1S/C15H16N4O4S/c1-3-24(20,21)18-11-6-8-12(9-7-11)19-14(13-5-4-10-23-13)16-15(17-19)22-2/h4-10,18H,3H2,1-2H3. The molecule has 3 aromatic rings. The molecule has 126 valence electrons. The maximum Gasteiger partial charge on any atom is 0.336 e. The first-order valence-corrected chi connectivity index (χ1v) is 8.83. The third kappa shape index (κ3) is 3.25. The van der Waals surface area contributed by atoms with Gasteiger partial charge in [-0.1, -0.05) is 0 Å². The second-order valence-electron chi connectivity index (χ2n) is 4.86. The lowest BCUT2D eigenvalue weighted by Crippen LogP contribution is -2.14. The van der Waals surface area contributed by atoms with Crippen LogP contribution < -0.4 is 9.46 Å². The Hall–Kier alpha value is -2.81. The van der Waals surface area contributed by atoms with E-state index >= 15 is 0 Å². The number of aromatic nitrogens is 3. The monoisotopic (exact) mass is 348 g/mol. The molecule has 0 radical (unpaired) electrons. The molecular weight excluding hydrogens is 332 g/mol. The van der Waals surface area contributed by atoms with Crippen LogP contribution in [0.1, 0.15) is 6.92 Å². The first-order chi connectivity index (χ1) is 11.5. The first-order valence-electron chi connectivity index (χ1n) is 7.18. The van der Waals surface area contributed by atoms with Crippen LogP contribution in [0.25, 0.3) is 17.3 Å². The number of nitrogens with one attached hydrogen (secondary N) is 1. The van der Waals surface area contributed by atoms with E-state index in [4.69, 9.17) is 9.15 Å². The van der Waals surface area contributed by atoms with Gasteiger partial charge in [-0.05, 0) is 43.3 Å². The zero-order chi connectivity index (χ0) is 17.2. The minimum Gasteiger partial charge on any atom is -0.466 e. The fourth-order valence-electron chi connectivity index (χ4n) is 2.05. The molecule has 0 saturated carbocycles. The Labute approximate surface area is 139 Å². The molecule has 0 aliphatic carbocycles. The fourth-order valence-corrected chi connectivity index (χ4v) is 2.69. The number of anilines is 1. The zero-order valence-electron chi connectivity index (χ0n) is 13.1. The van der Waals surface area contributed by atoms with Gasteiger partial charge in [-0.3, -0.25) is 4.72 Å². The van der Waals surface area contributed by atoms with Gasteiger partial charge in [-0.25, -0.2) is 13.1 Å². The largest absolute Gasteiger partial charge is 0.466 e. The van der Waals surface area contributed by atoms with Crippen LogP contribution in [-0.2, 0) is 10.0 Å². The molecule has 1 aromatic carbocycles. The number of benzene rings is 1. The molecule has 8 nitrogen and oxygen atoms in total. The minimum atomic E-state index is -3.31. The van der Waals surface area contributed by atoms with Gasteiger partial charge >= 0.3 is 6.01 Å². The van der Waals surface area contributed by atoms with E-state index < -0.39 is 10.0 Å². The maximum absolute atomic E-state index is 11.6. The number of sulfonamides is 1. The zero-order valence-corrected chi connectivity index (χ0v) is 13.9. The van der Waals surface area contributed by atoms with Crippen molar-refractivity contribution < 1.29 is 17.6 Å². The van der Waals surface area contributed by atoms with Crippen LogP contribution in [0.2, 0.25) is 0 Å². The molecule has 0 spiro atoms. The van der Waals surface area contributed by atoms with Gasteiger partial charge in [-0.2, -0.15) is 4.98 Å². The number of furan rings is 1. The van der Waals surface area contributed by atoms with Crippen molar-refractivity contribution in [1.29, 1.82) is 0 Å². The third-order valence-electron chi connectivity index (χ3n) is 3.28. The third-order valence-corrected chi connectivity index (χ3v) is 4.58. The van der Waals surface area contributed by atoms with Gasteiger partial charge in [0.05, 0.1) is 24.8 Å². The van der Waals surface area contributed by atoms with E-state index in [1.807, 2.05) is 0 Å². The number of methoxy groups -OCH3 is 1. The van der Waals surface area contributed by atoms with Crippen LogP contribution in [0.3, 0.4) is 0 Å². The highest BCUT2D eigenvalue weighted by molar-refractivity contribution is 7.92. The number of nitrogens with zero attached hydrogens (tertiary/aromatic N) is 3. The molecule has 0 amide bonds. The van der Waals surface area contributed by atoms with Crippen molar-refractivity contribution in [3.05, 3.63) is 42.7 Å². The fraction of sp³-hybridized carbons (Fsp3) is 0.200. The molecule has 0 atom stereocenters. The van der Waals surface area contributed by atoms with Gasteiger partial charge in [0.25, 0.3) is 0 Å². The lowest BCUT2D eigenvalue weighted by Gasteiger charge is -2.08. The molecule has 0 fully saturated rings. The van der Waals surface area contributed by atoms with Gasteiger partial charge in [0.15, 0.2) is 5.76 Å². The molecule has 0 aliphatic rings. The van der Waals surface area contributed by atoms with Crippen molar-refractivity contribution >= 4 is 15.7 Å². The lowest BCUT2D eigenvalue weighted by molar-refractivity contribution is 0.380. The Morgan fingerprint density at radius 1 is 1.25 bits per heavy atom. The second-order valence-corrected chi connectivity index (χ2v) is 6.87. The van der Waals surface area contributed by atoms with E-state index in [1.165, 1.54) is 7.11 Å². The molecule has 2 aromatic heterocycles. The minimum absolute atomic E-state index is 0.0116. The van der Waals surface area contributed by atoms with E-state index in [-0.39, 0.29) is 11.8 Å². The number of hydrogen-bond acceptors (Lipinski definition) is 6. The Morgan fingerprint density at radius 2 is 2.00 bits per heavy atom. The summed E-state index contributed by atoms with van der Waals surface area (Å²) in [6.07, 6.45) is 1.55. The first kappa shape index (κ1) is 16.1. The van der Waals surface area contributed by atoms with E-state index in [0.717, 1.165) is 0 Å². The molecular formula is C15H16N4O4S. The molecule has 24 heavy (non-hydrogen) atoms. The Kier molecular flexibility index (Phi) is 4.26. The van der Waals surface area contributed by atoms with Crippen molar-refractivity contribution in [2.75, 3.05) is 17.6 Å². The van der Waals surface area contributed by atoms with Gasteiger partial charge < -0.3 is 9.15 Å². The number of ether oxygens (including phenoxy) is 1. The molecule has 9 heteroatoms. The highest BCUT2D eigenvalue weighted by atomic mass is 32.2. The molecule has 0 aliphatic heterocycles. The number of hydrogen-bond donors (Lipinski definition) is 1. The van der Waals surface area contributed by atoms with Crippen LogP contribution in [0, 0.1) is 0 Å². The molecule has 0 bridgehead atoms. The average Bonchev–Trinajstić information content (AvgIpc) is 3.24. The quantitative estimate of drug-likeness (QED) is 0.734.